The van der Waals surface area contributed by atoms with Gasteiger partial charge < -0.3 is 15.1 Å². The van der Waals surface area contributed by atoms with Crippen LogP contribution in [0.1, 0.15) is 13.3 Å². The maximum atomic E-state index is 11.6. The van der Waals surface area contributed by atoms with E-state index in [4.69, 9.17) is 0 Å². The number of piperazine rings is 1. The quantitative estimate of drug-likeness (QED) is 0.673. The van der Waals surface area contributed by atoms with Crippen molar-refractivity contribution in [1.29, 1.82) is 0 Å². The Hall–Kier alpha value is -1.10. The van der Waals surface area contributed by atoms with E-state index in [0.717, 1.165) is 26.2 Å². The van der Waals surface area contributed by atoms with Gasteiger partial charge in [-0.1, -0.05) is 0 Å². The topological polar surface area (TPSA) is 52.7 Å². The van der Waals surface area contributed by atoms with Crippen molar-refractivity contribution in [3.63, 3.8) is 0 Å². The Morgan fingerprint density at radius 2 is 1.80 bits per heavy atom. The Kier molecular flexibility index (Phi) is 4.55. The molecule has 0 aliphatic carbocycles. The van der Waals surface area contributed by atoms with Crippen molar-refractivity contribution in [2.45, 2.75) is 13.3 Å². The molecule has 0 aromatic carbocycles. The molecule has 2 amide bonds. The maximum absolute atomic E-state index is 11.6. The Bertz CT molecular complexity index is 235. The summed E-state index contributed by atoms with van der Waals surface area (Å²) in [6.07, 6.45) is 0.406. The van der Waals surface area contributed by atoms with Crippen LogP contribution >= 0.6 is 0 Å². The molecule has 0 aromatic heterocycles. The molecule has 0 aromatic rings. The summed E-state index contributed by atoms with van der Waals surface area (Å²) in [4.78, 5) is 26.3. The maximum Gasteiger partial charge on any atom is 0.224 e. The van der Waals surface area contributed by atoms with Gasteiger partial charge in [0.15, 0.2) is 0 Å². The summed E-state index contributed by atoms with van der Waals surface area (Å²) in [6.45, 7) is 5.38. The molecule has 15 heavy (non-hydrogen) atoms. The van der Waals surface area contributed by atoms with E-state index in [1.807, 2.05) is 4.90 Å². The van der Waals surface area contributed by atoms with E-state index in [1.165, 1.54) is 6.92 Å². The molecule has 1 aliphatic heterocycles. The van der Waals surface area contributed by atoms with Crippen LogP contribution < -0.4 is 5.32 Å². The van der Waals surface area contributed by atoms with Crippen molar-refractivity contribution in [2.24, 2.45) is 0 Å². The average molecular weight is 213 g/mol. The van der Waals surface area contributed by atoms with Gasteiger partial charge in [-0.05, 0) is 7.05 Å². The predicted molar refractivity (Wildman–Crippen MR) is 57.4 cm³/mol. The lowest BCUT2D eigenvalue weighted by molar-refractivity contribution is -0.132. The zero-order valence-corrected chi connectivity index (χ0v) is 9.45. The molecule has 0 bridgehead atoms. The number of rotatable bonds is 3. The van der Waals surface area contributed by atoms with Gasteiger partial charge in [-0.2, -0.15) is 0 Å². The number of carbonyl (C=O) groups is 2. The standard InChI is InChI=1S/C10H19N3O2/c1-9(14)11-4-3-10(15)13-7-5-12(2)6-8-13/h3-8H2,1-2H3,(H,11,14). The van der Waals surface area contributed by atoms with E-state index in [0.29, 0.717) is 13.0 Å². The first-order chi connectivity index (χ1) is 7.09. The zero-order chi connectivity index (χ0) is 11.3. The van der Waals surface area contributed by atoms with Crippen LogP contribution in [0, 0.1) is 0 Å². The highest BCUT2D eigenvalue weighted by atomic mass is 16.2. The number of hydrogen-bond acceptors (Lipinski definition) is 3. The smallest absolute Gasteiger partial charge is 0.224 e. The summed E-state index contributed by atoms with van der Waals surface area (Å²) in [5.41, 5.74) is 0. The number of likely N-dealkylation sites (N-methyl/N-ethyl adjacent to an activating group) is 1. The van der Waals surface area contributed by atoms with Gasteiger partial charge in [0.2, 0.25) is 11.8 Å². The first-order valence-electron chi connectivity index (χ1n) is 5.30. The molecule has 1 rings (SSSR count). The minimum Gasteiger partial charge on any atom is -0.356 e. The summed E-state index contributed by atoms with van der Waals surface area (Å²) in [5, 5.41) is 2.63. The van der Waals surface area contributed by atoms with E-state index in [9.17, 15) is 9.59 Å². The summed E-state index contributed by atoms with van der Waals surface area (Å²) in [5.74, 6) is 0.0537. The Morgan fingerprint density at radius 3 is 2.33 bits per heavy atom. The SMILES string of the molecule is CC(=O)NCCC(=O)N1CCN(C)CC1. The summed E-state index contributed by atoms with van der Waals surface area (Å²) in [7, 11) is 2.05. The van der Waals surface area contributed by atoms with Gasteiger partial charge in [0.05, 0.1) is 0 Å². The van der Waals surface area contributed by atoms with Crippen LogP contribution in [0.5, 0.6) is 0 Å². The third-order valence-electron chi connectivity index (χ3n) is 2.57. The molecule has 86 valence electrons. The third-order valence-corrected chi connectivity index (χ3v) is 2.57. The largest absolute Gasteiger partial charge is 0.356 e. The van der Waals surface area contributed by atoms with E-state index in [2.05, 4.69) is 17.3 Å². The molecule has 0 radical (unpaired) electrons. The molecule has 5 heteroatoms. The molecule has 1 heterocycles. The van der Waals surface area contributed by atoms with Crippen LogP contribution in [0.25, 0.3) is 0 Å². The number of carbonyl (C=O) groups excluding carboxylic acids is 2. The predicted octanol–water partition coefficient (Wildman–Crippen LogP) is -0.713. The highest BCUT2D eigenvalue weighted by Crippen LogP contribution is 2.01. The van der Waals surface area contributed by atoms with Crippen molar-refractivity contribution in [3.05, 3.63) is 0 Å². The van der Waals surface area contributed by atoms with Crippen LogP contribution in [0.4, 0.5) is 0 Å². The molecule has 0 saturated carbocycles. The zero-order valence-electron chi connectivity index (χ0n) is 9.45. The molecule has 1 saturated heterocycles. The van der Waals surface area contributed by atoms with Crippen LogP contribution in [0.15, 0.2) is 0 Å². The van der Waals surface area contributed by atoms with Gasteiger partial charge in [0, 0.05) is 46.1 Å². The molecule has 1 aliphatic rings. The Labute approximate surface area is 90.4 Å². The molecule has 5 nitrogen and oxygen atoms in total. The van der Waals surface area contributed by atoms with Crippen molar-refractivity contribution >= 4 is 11.8 Å². The normalized spacial score (nSPS) is 17.6. The first kappa shape index (κ1) is 12.0. The van der Waals surface area contributed by atoms with Crippen LogP contribution in [0.3, 0.4) is 0 Å². The average Bonchev–Trinajstić information content (AvgIpc) is 2.18. The van der Waals surface area contributed by atoms with E-state index in [1.54, 1.807) is 0 Å². The number of nitrogens with zero attached hydrogens (tertiary/aromatic N) is 2. The number of amides is 2. The van der Waals surface area contributed by atoms with Gasteiger partial charge in [-0.15, -0.1) is 0 Å². The highest BCUT2D eigenvalue weighted by Gasteiger charge is 2.18. The van der Waals surface area contributed by atoms with Gasteiger partial charge >= 0.3 is 0 Å². The lowest BCUT2D eigenvalue weighted by Crippen LogP contribution is -2.47. The lowest BCUT2D eigenvalue weighted by atomic mass is 10.3. The summed E-state index contributed by atoms with van der Waals surface area (Å²) < 4.78 is 0. The van der Waals surface area contributed by atoms with Gasteiger partial charge in [0.25, 0.3) is 0 Å². The highest BCUT2D eigenvalue weighted by molar-refractivity contribution is 5.78. The molecular weight excluding hydrogens is 194 g/mol. The molecule has 0 unspecified atom stereocenters. The third kappa shape index (κ3) is 4.29. The second-order valence-corrected chi connectivity index (χ2v) is 3.92. The number of hydrogen-bond donors (Lipinski definition) is 1. The second-order valence-electron chi connectivity index (χ2n) is 3.92. The summed E-state index contributed by atoms with van der Waals surface area (Å²) in [6, 6.07) is 0. The number of nitrogens with one attached hydrogen (secondary N) is 1. The van der Waals surface area contributed by atoms with Crippen molar-refractivity contribution in [1.82, 2.24) is 15.1 Å². The molecule has 0 spiro atoms. The van der Waals surface area contributed by atoms with Crippen molar-refractivity contribution < 1.29 is 9.59 Å². The Balaban J connectivity index is 2.19. The van der Waals surface area contributed by atoms with Crippen LogP contribution in [-0.2, 0) is 9.59 Å². The van der Waals surface area contributed by atoms with E-state index in [-0.39, 0.29) is 11.8 Å². The van der Waals surface area contributed by atoms with Crippen LogP contribution in [-0.4, -0.2) is 61.4 Å². The minimum atomic E-state index is -0.0822. The molecule has 0 atom stereocenters. The van der Waals surface area contributed by atoms with Crippen LogP contribution in [0.2, 0.25) is 0 Å². The van der Waals surface area contributed by atoms with Crippen molar-refractivity contribution in [3.8, 4) is 0 Å². The first-order valence-corrected chi connectivity index (χ1v) is 5.30. The van der Waals surface area contributed by atoms with E-state index >= 15 is 0 Å². The van der Waals surface area contributed by atoms with Crippen molar-refractivity contribution in [2.75, 3.05) is 39.8 Å². The van der Waals surface area contributed by atoms with Gasteiger partial charge in [-0.3, -0.25) is 9.59 Å². The molecule has 1 N–H and O–H groups in total. The fourth-order valence-corrected chi connectivity index (χ4v) is 1.56. The molecular formula is C10H19N3O2. The fraction of sp³-hybridized carbons (Fsp3) is 0.800. The minimum absolute atomic E-state index is 0.0822. The second kappa shape index (κ2) is 5.70. The van der Waals surface area contributed by atoms with E-state index < -0.39 is 0 Å². The monoisotopic (exact) mass is 213 g/mol. The summed E-state index contributed by atoms with van der Waals surface area (Å²) >= 11 is 0. The van der Waals surface area contributed by atoms with Gasteiger partial charge in [0.1, 0.15) is 0 Å². The van der Waals surface area contributed by atoms with Gasteiger partial charge in [-0.25, -0.2) is 0 Å². The Morgan fingerprint density at radius 1 is 1.20 bits per heavy atom. The molecule has 1 fully saturated rings. The lowest BCUT2D eigenvalue weighted by Gasteiger charge is -2.32. The fourth-order valence-electron chi connectivity index (χ4n) is 1.56.